The van der Waals surface area contributed by atoms with E-state index < -0.39 is 6.10 Å². The van der Waals surface area contributed by atoms with Gasteiger partial charge in [-0.3, -0.25) is 4.79 Å². The number of hydrogen-bond donors (Lipinski definition) is 1. The Kier molecular flexibility index (Phi) is 2.71. The van der Waals surface area contributed by atoms with Gasteiger partial charge >= 0.3 is 0 Å². The van der Waals surface area contributed by atoms with Gasteiger partial charge in [-0.15, -0.1) is 0 Å². The molecule has 2 fully saturated rings. The third-order valence-corrected chi connectivity index (χ3v) is 4.78. The van der Waals surface area contributed by atoms with Crippen molar-refractivity contribution >= 4 is 17.5 Å². The van der Waals surface area contributed by atoms with Crippen LogP contribution in [0.25, 0.3) is 0 Å². The van der Waals surface area contributed by atoms with Gasteiger partial charge in [-0.05, 0) is 19.3 Å². The number of aliphatic hydroxyl groups is 1. The van der Waals surface area contributed by atoms with E-state index in [2.05, 4.69) is 6.58 Å². The van der Waals surface area contributed by atoms with E-state index in [1.165, 1.54) is 0 Å². The van der Waals surface area contributed by atoms with Gasteiger partial charge in [0.15, 0.2) is 0 Å². The van der Waals surface area contributed by atoms with Crippen LogP contribution in [0.2, 0.25) is 0 Å². The Bertz CT molecular complexity index is 274. The summed E-state index contributed by atoms with van der Waals surface area (Å²) in [6.45, 7) is 5.92. The molecule has 0 unspecified atom stereocenters. The summed E-state index contributed by atoms with van der Waals surface area (Å²) >= 11 is 1.75. The van der Waals surface area contributed by atoms with E-state index in [9.17, 15) is 9.90 Å². The number of aliphatic hydroxyl groups excluding tert-OH is 1. The SMILES string of the molecule is C=C(C)[C@H]1CC(=O)[C@@H]2[C@H](C1)SC[C@@H]2O. The van der Waals surface area contributed by atoms with Crippen molar-refractivity contribution in [1.29, 1.82) is 0 Å². The number of Topliss-reactive ketones (excluding diaryl/α,β-unsaturated/α-hetero) is 1. The summed E-state index contributed by atoms with van der Waals surface area (Å²) < 4.78 is 0. The summed E-state index contributed by atoms with van der Waals surface area (Å²) in [4.78, 5) is 11.8. The maximum Gasteiger partial charge on any atom is 0.140 e. The number of thioether (sulfide) groups is 1. The fourth-order valence-corrected chi connectivity index (χ4v) is 3.99. The monoisotopic (exact) mass is 212 g/mol. The first kappa shape index (κ1) is 10.2. The Morgan fingerprint density at radius 3 is 3.00 bits per heavy atom. The Balaban J connectivity index is 2.13. The molecule has 3 heteroatoms. The molecule has 14 heavy (non-hydrogen) atoms. The third kappa shape index (κ3) is 1.63. The fraction of sp³-hybridized carbons (Fsp3) is 0.727. The van der Waals surface area contributed by atoms with E-state index >= 15 is 0 Å². The molecule has 0 aromatic carbocycles. The molecule has 2 nitrogen and oxygen atoms in total. The van der Waals surface area contributed by atoms with Gasteiger partial charge in [0.2, 0.25) is 0 Å². The van der Waals surface area contributed by atoms with Crippen molar-refractivity contribution in [3.63, 3.8) is 0 Å². The first-order chi connectivity index (χ1) is 6.59. The second-order valence-corrected chi connectivity index (χ2v) is 5.69. The molecule has 2 aliphatic rings. The standard InChI is InChI=1S/C11H16O2S/c1-6(2)7-3-8(12)11-9(13)5-14-10(11)4-7/h7,9-11,13H,1,3-5H2,2H3/t7-,9-,10-,11-/m0/s1. The van der Waals surface area contributed by atoms with Crippen molar-refractivity contribution in [3.8, 4) is 0 Å². The summed E-state index contributed by atoms with van der Waals surface area (Å²) in [5, 5.41) is 10.00. The summed E-state index contributed by atoms with van der Waals surface area (Å²) in [5.41, 5.74) is 1.11. The van der Waals surface area contributed by atoms with Gasteiger partial charge in [-0.2, -0.15) is 11.8 Å². The number of allylic oxidation sites excluding steroid dienone is 1. The summed E-state index contributed by atoms with van der Waals surface area (Å²) in [7, 11) is 0. The highest BCUT2D eigenvalue weighted by atomic mass is 32.2. The Morgan fingerprint density at radius 1 is 1.64 bits per heavy atom. The molecule has 1 saturated heterocycles. The van der Waals surface area contributed by atoms with Crippen molar-refractivity contribution in [2.75, 3.05) is 5.75 Å². The fourth-order valence-electron chi connectivity index (χ4n) is 2.43. The van der Waals surface area contributed by atoms with E-state index in [1.54, 1.807) is 11.8 Å². The topological polar surface area (TPSA) is 37.3 Å². The van der Waals surface area contributed by atoms with Crippen LogP contribution in [0.4, 0.5) is 0 Å². The van der Waals surface area contributed by atoms with Gasteiger partial charge in [0.05, 0.1) is 12.0 Å². The normalized spacial score (nSPS) is 42.3. The van der Waals surface area contributed by atoms with Crippen LogP contribution in [0.3, 0.4) is 0 Å². The molecule has 0 aromatic rings. The van der Waals surface area contributed by atoms with Crippen LogP contribution < -0.4 is 0 Å². The summed E-state index contributed by atoms with van der Waals surface area (Å²) in [6.07, 6.45) is 1.21. The average Bonchev–Trinajstić information content (AvgIpc) is 2.48. The number of fused-ring (bicyclic) bond motifs is 1. The minimum Gasteiger partial charge on any atom is -0.391 e. The molecule has 2 rings (SSSR count). The smallest absolute Gasteiger partial charge is 0.140 e. The Hall–Kier alpha value is -0.280. The molecule has 1 N–H and O–H groups in total. The molecule has 0 spiro atoms. The second-order valence-electron chi connectivity index (χ2n) is 4.41. The van der Waals surface area contributed by atoms with Crippen LogP contribution in [-0.4, -0.2) is 28.0 Å². The van der Waals surface area contributed by atoms with Crippen molar-refractivity contribution in [3.05, 3.63) is 12.2 Å². The largest absolute Gasteiger partial charge is 0.391 e. The Labute approximate surface area is 88.8 Å². The molecule has 1 heterocycles. The molecule has 1 aliphatic carbocycles. The minimum absolute atomic E-state index is 0.0874. The zero-order valence-corrected chi connectivity index (χ0v) is 9.22. The van der Waals surface area contributed by atoms with E-state index in [1.807, 2.05) is 6.92 Å². The van der Waals surface area contributed by atoms with Crippen LogP contribution in [0.1, 0.15) is 19.8 Å². The van der Waals surface area contributed by atoms with Crippen LogP contribution in [0.15, 0.2) is 12.2 Å². The minimum atomic E-state index is -0.399. The lowest BCUT2D eigenvalue weighted by molar-refractivity contribution is -0.128. The van der Waals surface area contributed by atoms with Crippen molar-refractivity contribution in [1.82, 2.24) is 0 Å². The lowest BCUT2D eigenvalue weighted by Crippen LogP contribution is -2.38. The maximum absolute atomic E-state index is 11.8. The number of ketones is 1. The van der Waals surface area contributed by atoms with E-state index in [4.69, 9.17) is 0 Å². The molecule has 1 aliphatic heterocycles. The van der Waals surface area contributed by atoms with Crippen LogP contribution >= 0.6 is 11.8 Å². The lowest BCUT2D eigenvalue weighted by Gasteiger charge is -2.31. The van der Waals surface area contributed by atoms with Crippen LogP contribution in [0, 0.1) is 11.8 Å². The second kappa shape index (κ2) is 3.70. The highest BCUT2D eigenvalue weighted by Gasteiger charge is 2.45. The van der Waals surface area contributed by atoms with Crippen LogP contribution in [-0.2, 0) is 4.79 Å². The quantitative estimate of drug-likeness (QED) is 0.671. The van der Waals surface area contributed by atoms with E-state index in [0.717, 1.165) is 17.7 Å². The molecular weight excluding hydrogens is 196 g/mol. The number of carbonyl (C=O) groups excluding carboxylic acids is 1. The highest BCUT2D eigenvalue weighted by Crippen LogP contribution is 2.43. The molecule has 78 valence electrons. The molecule has 0 radical (unpaired) electrons. The average molecular weight is 212 g/mol. The first-order valence-electron chi connectivity index (χ1n) is 5.07. The summed E-state index contributed by atoms with van der Waals surface area (Å²) in [6, 6.07) is 0. The first-order valence-corrected chi connectivity index (χ1v) is 6.12. The predicted molar refractivity (Wildman–Crippen MR) is 58.3 cm³/mol. The third-order valence-electron chi connectivity index (χ3n) is 3.33. The van der Waals surface area contributed by atoms with Crippen LogP contribution in [0.5, 0.6) is 0 Å². The molecular formula is C11H16O2S. The Morgan fingerprint density at radius 2 is 2.36 bits per heavy atom. The number of hydrogen-bond acceptors (Lipinski definition) is 3. The van der Waals surface area contributed by atoms with Gasteiger partial charge in [-0.25, -0.2) is 0 Å². The summed E-state index contributed by atoms with van der Waals surface area (Å²) in [5.74, 6) is 1.23. The van der Waals surface area contributed by atoms with E-state index in [-0.39, 0.29) is 11.7 Å². The maximum atomic E-state index is 11.8. The van der Waals surface area contributed by atoms with E-state index in [0.29, 0.717) is 17.6 Å². The zero-order valence-electron chi connectivity index (χ0n) is 8.40. The van der Waals surface area contributed by atoms with Gasteiger partial charge in [-0.1, -0.05) is 12.2 Å². The predicted octanol–water partition coefficient (Wildman–Crippen LogP) is 1.63. The molecule has 0 amide bonds. The van der Waals surface area contributed by atoms with Crippen molar-refractivity contribution in [2.45, 2.75) is 31.1 Å². The highest BCUT2D eigenvalue weighted by molar-refractivity contribution is 8.00. The van der Waals surface area contributed by atoms with Gasteiger partial charge in [0.1, 0.15) is 5.78 Å². The van der Waals surface area contributed by atoms with Gasteiger partial charge < -0.3 is 5.11 Å². The van der Waals surface area contributed by atoms with Crippen molar-refractivity contribution in [2.24, 2.45) is 11.8 Å². The lowest BCUT2D eigenvalue weighted by atomic mass is 9.76. The molecule has 0 bridgehead atoms. The zero-order chi connectivity index (χ0) is 10.3. The molecule has 1 saturated carbocycles. The van der Waals surface area contributed by atoms with Crippen molar-refractivity contribution < 1.29 is 9.90 Å². The number of carbonyl (C=O) groups is 1. The van der Waals surface area contributed by atoms with Gasteiger partial charge in [0, 0.05) is 17.4 Å². The van der Waals surface area contributed by atoms with Gasteiger partial charge in [0.25, 0.3) is 0 Å². The molecule has 4 atom stereocenters. The molecule has 0 aromatic heterocycles. The number of rotatable bonds is 1.